The van der Waals surface area contributed by atoms with Crippen LogP contribution in [0.4, 0.5) is 0 Å². The second kappa shape index (κ2) is 7.70. The van der Waals surface area contributed by atoms with Crippen LogP contribution < -0.4 is 0 Å². The average molecular weight is 398 g/mol. The maximum Gasteiger partial charge on any atom is 0.270 e. The molecule has 1 aromatic heterocycles. The summed E-state index contributed by atoms with van der Waals surface area (Å²) in [4.78, 5) is 29.1. The van der Waals surface area contributed by atoms with Gasteiger partial charge in [0, 0.05) is 49.3 Å². The van der Waals surface area contributed by atoms with Gasteiger partial charge in [-0.2, -0.15) is 0 Å². The fourth-order valence-electron chi connectivity index (χ4n) is 3.45. The number of ether oxygens (including phenoxy) is 1. The molecule has 1 aromatic rings. The first-order chi connectivity index (χ1) is 11.6. The van der Waals surface area contributed by atoms with Gasteiger partial charge in [-0.3, -0.25) is 9.59 Å². The summed E-state index contributed by atoms with van der Waals surface area (Å²) in [5, 5.41) is 0. The molecule has 0 saturated carbocycles. The lowest BCUT2D eigenvalue weighted by atomic mass is 9.95. The van der Waals surface area contributed by atoms with E-state index in [1.165, 1.54) is 0 Å². The van der Waals surface area contributed by atoms with E-state index in [0.29, 0.717) is 45.1 Å². The molecule has 0 radical (unpaired) electrons. The number of piperidine rings is 1. The minimum Gasteiger partial charge on any atom is -0.378 e. The lowest BCUT2D eigenvalue weighted by molar-refractivity contribution is -0.141. The Morgan fingerprint density at radius 1 is 1.17 bits per heavy atom. The Morgan fingerprint density at radius 3 is 2.46 bits per heavy atom. The van der Waals surface area contributed by atoms with Gasteiger partial charge in [0.15, 0.2) is 0 Å². The lowest BCUT2D eigenvalue weighted by Gasteiger charge is -2.35. The van der Waals surface area contributed by atoms with Gasteiger partial charge >= 0.3 is 0 Å². The first-order valence-electron chi connectivity index (χ1n) is 8.61. The maximum absolute atomic E-state index is 12.7. The first-order valence-corrected chi connectivity index (χ1v) is 9.41. The number of morpholine rings is 1. The highest BCUT2D eigenvalue weighted by Crippen LogP contribution is 2.23. The fraction of sp³-hybridized carbons (Fsp3) is 0.647. The average Bonchev–Trinajstić information content (AvgIpc) is 3.02. The van der Waals surface area contributed by atoms with Gasteiger partial charge in [0.2, 0.25) is 5.91 Å². The number of aryl methyl sites for hydroxylation is 1. The van der Waals surface area contributed by atoms with Gasteiger partial charge in [0.05, 0.1) is 13.2 Å². The largest absolute Gasteiger partial charge is 0.378 e. The predicted octanol–water partition coefficient (Wildman–Crippen LogP) is 1.98. The molecule has 0 N–H and O–H groups in total. The molecule has 0 bridgehead atoms. The Labute approximate surface area is 150 Å². The Morgan fingerprint density at radius 2 is 1.83 bits per heavy atom. The molecule has 7 heteroatoms. The van der Waals surface area contributed by atoms with Gasteiger partial charge in [-0.25, -0.2) is 0 Å². The normalized spacial score (nSPS) is 19.6. The minimum atomic E-state index is 0.0387. The third-order valence-corrected chi connectivity index (χ3v) is 5.31. The molecule has 0 unspecified atom stereocenters. The van der Waals surface area contributed by atoms with E-state index in [1.807, 2.05) is 33.6 Å². The Kier molecular flexibility index (Phi) is 5.61. The van der Waals surface area contributed by atoms with Crippen molar-refractivity contribution in [3.05, 3.63) is 22.4 Å². The zero-order valence-electron chi connectivity index (χ0n) is 14.0. The fourth-order valence-corrected chi connectivity index (χ4v) is 3.91. The summed E-state index contributed by atoms with van der Waals surface area (Å²) in [6.45, 7) is 6.72. The number of hydrogen-bond donors (Lipinski definition) is 0. The first kappa shape index (κ1) is 17.5. The van der Waals surface area contributed by atoms with Crippen LogP contribution in [0.1, 0.15) is 30.3 Å². The molecular formula is C17H24BrN3O3. The van der Waals surface area contributed by atoms with Crippen LogP contribution >= 0.6 is 15.9 Å². The number of halogens is 1. The van der Waals surface area contributed by atoms with E-state index in [2.05, 4.69) is 15.9 Å². The highest BCUT2D eigenvalue weighted by atomic mass is 79.9. The van der Waals surface area contributed by atoms with Gasteiger partial charge in [0.1, 0.15) is 5.69 Å². The van der Waals surface area contributed by atoms with E-state index in [9.17, 15) is 9.59 Å². The van der Waals surface area contributed by atoms with Crippen LogP contribution in [0.25, 0.3) is 0 Å². The summed E-state index contributed by atoms with van der Waals surface area (Å²) in [6, 6.07) is 1.87. The van der Waals surface area contributed by atoms with Crippen molar-refractivity contribution in [2.24, 2.45) is 5.92 Å². The second-order valence-electron chi connectivity index (χ2n) is 6.33. The highest BCUT2D eigenvalue weighted by Gasteiger charge is 2.31. The molecule has 2 saturated heterocycles. The molecule has 2 fully saturated rings. The number of carbonyl (C=O) groups excluding carboxylic acids is 2. The van der Waals surface area contributed by atoms with Crippen LogP contribution in [-0.4, -0.2) is 65.6 Å². The van der Waals surface area contributed by atoms with E-state index in [4.69, 9.17) is 4.74 Å². The number of carbonyl (C=O) groups is 2. The zero-order chi connectivity index (χ0) is 17.1. The maximum atomic E-state index is 12.7. The van der Waals surface area contributed by atoms with Crippen molar-refractivity contribution in [1.82, 2.24) is 14.4 Å². The monoisotopic (exact) mass is 397 g/mol. The number of likely N-dealkylation sites (tertiary alicyclic amines) is 1. The molecule has 2 aliphatic rings. The number of hydrogen-bond acceptors (Lipinski definition) is 3. The van der Waals surface area contributed by atoms with Gasteiger partial charge in [0.25, 0.3) is 5.91 Å². The smallest absolute Gasteiger partial charge is 0.270 e. The molecule has 0 atom stereocenters. The second-order valence-corrected chi connectivity index (χ2v) is 7.25. The molecule has 0 aliphatic carbocycles. The van der Waals surface area contributed by atoms with Gasteiger partial charge in [-0.15, -0.1) is 0 Å². The van der Waals surface area contributed by atoms with Crippen LogP contribution in [-0.2, 0) is 16.1 Å². The SMILES string of the molecule is CCn1cc(Br)cc1C(=O)N1CCC(C(=O)N2CCOCC2)CC1. The minimum absolute atomic E-state index is 0.0387. The van der Waals surface area contributed by atoms with E-state index < -0.39 is 0 Å². The summed E-state index contributed by atoms with van der Waals surface area (Å²) in [5.41, 5.74) is 0.710. The number of nitrogens with zero attached hydrogens (tertiary/aromatic N) is 3. The summed E-state index contributed by atoms with van der Waals surface area (Å²) >= 11 is 3.44. The molecular weight excluding hydrogens is 374 g/mol. The lowest BCUT2D eigenvalue weighted by Crippen LogP contribution is -2.47. The highest BCUT2D eigenvalue weighted by molar-refractivity contribution is 9.10. The van der Waals surface area contributed by atoms with Gasteiger partial charge in [-0.05, 0) is 41.8 Å². The summed E-state index contributed by atoms with van der Waals surface area (Å²) in [6.07, 6.45) is 3.42. The topological polar surface area (TPSA) is 54.8 Å². The number of rotatable bonds is 3. The molecule has 2 amide bonds. The third-order valence-electron chi connectivity index (χ3n) is 4.88. The predicted molar refractivity (Wildman–Crippen MR) is 93.8 cm³/mol. The molecule has 3 rings (SSSR count). The van der Waals surface area contributed by atoms with Crippen LogP contribution in [0.15, 0.2) is 16.7 Å². The Hall–Kier alpha value is -1.34. The number of aromatic nitrogens is 1. The summed E-state index contributed by atoms with van der Waals surface area (Å²) in [5.74, 6) is 0.321. The zero-order valence-corrected chi connectivity index (χ0v) is 15.6. The third kappa shape index (κ3) is 3.67. The molecule has 0 aromatic carbocycles. The van der Waals surface area contributed by atoms with Crippen molar-refractivity contribution in [2.75, 3.05) is 39.4 Å². The molecule has 3 heterocycles. The van der Waals surface area contributed by atoms with Crippen LogP contribution in [0.5, 0.6) is 0 Å². The van der Waals surface area contributed by atoms with E-state index >= 15 is 0 Å². The standard InChI is InChI=1S/C17H24BrN3O3/c1-2-19-12-14(18)11-15(19)17(23)20-5-3-13(4-6-20)16(22)21-7-9-24-10-8-21/h11-13H,2-10H2,1H3. The van der Waals surface area contributed by atoms with Gasteiger partial charge in [-0.1, -0.05) is 0 Å². The van der Waals surface area contributed by atoms with Crippen LogP contribution in [0, 0.1) is 5.92 Å². The van der Waals surface area contributed by atoms with Crippen LogP contribution in [0.3, 0.4) is 0 Å². The quantitative estimate of drug-likeness (QED) is 0.783. The molecule has 0 spiro atoms. The molecule has 2 aliphatic heterocycles. The number of amides is 2. The van der Waals surface area contributed by atoms with Gasteiger partial charge < -0.3 is 19.1 Å². The summed E-state index contributed by atoms with van der Waals surface area (Å²) in [7, 11) is 0. The van der Waals surface area contributed by atoms with Crippen LogP contribution in [0.2, 0.25) is 0 Å². The summed E-state index contributed by atoms with van der Waals surface area (Å²) < 4.78 is 8.18. The van der Waals surface area contributed by atoms with Crippen molar-refractivity contribution in [1.29, 1.82) is 0 Å². The molecule has 24 heavy (non-hydrogen) atoms. The molecule has 132 valence electrons. The van der Waals surface area contributed by atoms with Crippen molar-refractivity contribution >= 4 is 27.7 Å². The van der Waals surface area contributed by atoms with E-state index in [0.717, 1.165) is 23.9 Å². The van der Waals surface area contributed by atoms with Crippen molar-refractivity contribution in [3.8, 4) is 0 Å². The van der Waals surface area contributed by atoms with Crippen molar-refractivity contribution < 1.29 is 14.3 Å². The van der Waals surface area contributed by atoms with Crippen molar-refractivity contribution in [2.45, 2.75) is 26.3 Å². The Bertz CT molecular complexity index is 602. The van der Waals surface area contributed by atoms with Crippen molar-refractivity contribution in [3.63, 3.8) is 0 Å². The molecule has 6 nitrogen and oxygen atoms in total. The Balaban J connectivity index is 1.58. The van der Waals surface area contributed by atoms with E-state index in [-0.39, 0.29) is 17.7 Å². The van der Waals surface area contributed by atoms with E-state index in [1.54, 1.807) is 0 Å².